The summed E-state index contributed by atoms with van der Waals surface area (Å²) in [6, 6.07) is 6.66. The van der Waals surface area contributed by atoms with E-state index in [2.05, 4.69) is 5.16 Å². The summed E-state index contributed by atoms with van der Waals surface area (Å²) in [5.41, 5.74) is 1.82. The number of hydrogen-bond acceptors (Lipinski definition) is 4. The minimum absolute atomic E-state index is 0.0644. The van der Waals surface area contributed by atoms with Crippen molar-refractivity contribution in [2.45, 2.75) is 12.8 Å². The second-order valence-electron chi connectivity index (χ2n) is 3.80. The van der Waals surface area contributed by atoms with Crippen molar-refractivity contribution in [1.29, 1.82) is 0 Å². The SMILES string of the molecule is O=C1CCc2onc(-c3cccc(O)c3)c21. The van der Waals surface area contributed by atoms with Gasteiger partial charge in [0.2, 0.25) is 0 Å². The molecule has 2 aromatic rings. The molecule has 1 N–H and O–H groups in total. The van der Waals surface area contributed by atoms with Crippen LogP contribution >= 0.6 is 0 Å². The van der Waals surface area contributed by atoms with Gasteiger partial charge in [-0.1, -0.05) is 17.3 Å². The Morgan fingerprint density at radius 3 is 3.00 bits per heavy atom. The van der Waals surface area contributed by atoms with E-state index in [1.54, 1.807) is 24.3 Å². The fourth-order valence-electron chi connectivity index (χ4n) is 1.98. The highest BCUT2D eigenvalue weighted by atomic mass is 16.5. The molecular formula is C12H9NO3. The molecule has 4 heteroatoms. The topological polar surface area (TPSA) is 63.3 Å². The van der Waals surface area contributed by atoms with E-state index in [0.717, 1.165) is 0 Å². The van der Waals surface area contributed by atoms with Gasteiger partial charge in [-0.2, -0.15) is 0 Å². The predicted molar refractivity (Wildman–Crippen MR) is 56.3 cm³/mol. The normalized spacial score (nSPS) is 14.1. The molecule has 0 fully saturated rings. The van der Waals surface area contributed by atoms with E-state index in [1.807, 2.05) is 0 Å². The highest BCUT2D eigenvalue weighted by Gasteiger charge is 2.29. The third-order valence-corrected chi connectivity index (χ3v) is 2.74. The average molecular weight is 215 g/mol. The van der Waals surface area contributed by atoms with Crippen LogP contribution in [0.3, 0.4) is 0 Å². The molecule has 1 aromatic carbocycles. The van der Waals surface area contributed by atoms with Gasteiger partial charge in [-0.3, -0.25) is 4.79 Å². The molecule has 0 amide bonds. The number of aromatic hydroxyl groups is 1. The van der Waals surface area contributed by atoms with Gasteiger partial charge in [-0.25, -0.2) is 0 Å². The molecule has 0 radical (unpaired) electrons. The monoisotopic (exact) mass is 215 g/mol. The number of phenolic OH excluding ortho intramolecular Hbond substituents is 1. The number of aryl methyl sites for hydroxylation is 1. The average Bonchev–Trinajstić information content (AvgIpc) is 2.82. The molecule has 1 heterocycles. The molecular weight excluding hydrogens is 206 g/mol. The quantitative estimate of drug-likeness (QED) is 0.791. The van der Waals surface area contributed by atoms with Crippen molar-refractivity contribution in [3.63, 3.8) is 0 Å². The molecule has 3 rings (SSSR count). The molecule has 80 valence electrons. The zero-order valence-electron chi connectivity index (χ0n) is 8.43. The first kappa shape index (κ1) is 9.15. The maximum Gasteiger partial charge on any atom is 0.169 e. The van der Waals surface area contributed by atoms with Crippen molar-refractivity contribution in [3.8, 4) is 17.0 Å². The van der Waals surface area contributed by atoms with Crippen molar-refractivity contribution in [1.82, 2.24) is 5.16 Å². The summed E-state index contributed by atoms with van der Waals surface area (Å²) in [5.74, 6) is 0.873. The van der Waals surface area contributed by atoms with Gasteiger partial charge in [0.25, 0.3) is 0 Å². The van der Waals surface area contributed by atoms with Gasteiger partial charge in [-0.15, -0.1) is 0 Å². The number of carbonyl (C=O) groups is 1. The third kappa shape index (κ3) is 1.23. The summed E-state index contributed by atoms with van der Waals surface area (Å²) in [7, 11) is 0. The number of Topliss-reactive ketones (excluding diaryl/α,β-unsaturated/α-hetero) is 1. The molecule has 1 aliphatic carbocycles. The van der Waals surface area contributed by atoms with Crippen LogP contribution in [-0.4, -0.2) is 16.0 Å². The number of carbonyl (C=O) groups excluding carboxylic acids is 1. The Balaban J connectivity index is 2.18. The number of rotatable bonds is 1. The van der Waals surface area contributed by atoms with Crippen LogP contribution in [-0.2, 0) is 6.42 Å². The largest absolute Gasteiger partial charge is 0.508 e. The lowest BCUT2D eigenvalue weighted by atomic mass is 10.1. The van der Waals surface area contributed by atoms with Crippen LogP contribution in [0.15, 0.2) is 28.8 Å². The van der Waals surface area contributed by atoms with Crippen molar-refractivity contribution < 1.29 is 14.4 Å². The third-order valence-electron chi connectivity index (χ3n) is 2.74. The first-order valence-electron chi connectivity index (χ1n) is 5.07. The summed E-state index contributed by atoms with van der Waals surface area (Å²) in [4.78, 5) is 11.6. The zero-order valence-corrected chi connectivity index (χ0v) is 8.43. The molecule has 0 atom stereocenters. The van der Waals surface area contributed by atoms with Crippen LogP contribution in [0.5, 0.6) is 5.75 Å². The van der Waals surface area contributed by atoms with Gasteiger partial charge in [0.05, 0.1) is 5.56 Å². The number of phenols is 1. The van der Waals surface area contributed by atoms with Gasteiger partial charge in [0.15, 0.2) is 5.78 Å². The highest BCUT2D eigenvalue weighted by Crippen LogP contribution is 2.32. The second-order valence-corrected chi connectivity index (χ2v) is 3.80. The maximum atomic E-state index is 11.6. The van der Waals surface area contributed by atoms with E-state index in [1.165, 1.54) is 0 Å². The van der Waals surface area contributed by atoms with Crippen LogP contribution in [0.4, 0.5) is 0 Å². The van der Waals surface area contributed by atoms with E-state index in [0.29, 0.717) is 35.4 Å². The van der Waals surface area contributed by atoms with Gasteiger partial charge < -0.3 is 9.63 Å². The maximum absolute atomic E-state index is 11.6. The molecule has 0 bridgehead atoms. The van der Waals surface area contributed by atoms with Crippen LogP contribution in [0.2, 0.25) is 0 Å². The Kier molecular flexibility index (Phi) is 1.83. The first-order chi connectivity index (χ1) is 7.75. The number of fused-ring (bicyclic) bond motifs is 1. The highest BCUT2D eigenvalue weighted by molar-refractivity contribution is 6.04. The number of hydrogen-bond donors (Lipinski definition) is 1. The molecule has 4 nitrogen and oxygen atoms in total. The first-order valence-corrected chi connectivity index (χ1v) is 5.07. The van der Waals surface area contributed by atoms with Gasteiger partial charge in [0.1, 0.15) is 17.2 Å². The van der Waals surface area contributed by atoms with E-state index >= 15 is 0 Å². The fourth-order valence-corrected chi connectivity index (χ4v) is 1.98. The standard InChI is InChI=1S/C12H9NO3/c14-8-3-1-2-7(6-8)12-11-9(15)4-5-10(11)16-13-12/h1-3,6,14H,4-5H2. The molecule has 0 unspecified atom stereocenters. The lowest BCUT2D eigenvalue weighted by Crippen LogP contribution is -1.93. The lowest BCUT2D eigenvalue weighted by Gasteiger charge is -1.98. The van der Waals surface area contributed by atoms with Crippen LogP contribution in [0, 0.1) is 0 Å². The van der Waals surface area contributed by atoms with E-state index < -0.39 is 0 Å². The Hall–Kier alpha value is -2.10. The van der Waals surface area contributed by atoms with Gasteiger partial charge in [0, 0.05) is 18.4 Å². The van der Waals surface area contributed by atoms with Crippen molar-refractivity contribution in [2.75, 3.05) is 0 Å². The lowest BCUT2D eigenvalue weighted by molar-refractivity contribution is 0.0995. The van der Waals surface area contributed by atoms with Gasteiger partial charge in [-0.05, 0) is 12.1 Å². The number of ketones is 1. The number of aromatic nitrogens is 1. The Labute approximate surface area is 91.5 Å². The zero-order chi connectivity index (χ0) is 11.1. The molecule has 0 saturated heterocycles. The summed E-state index contributed by atoms with van der Waals surface area (Å²) >= 11 is 0. The van der Waals surface area contributed by atoms with E-state index in [4.69, 9.17) is 4.52 Å². The predicted octanol–water partition coefficient (Wildman–Crippen LogP) is 2.18. The minimum atomic E-state index is 0.0644. The molecule has 0 aliphatic heterocycles. The fraction of sp³-hybridized carbons (Fsp3) is 0.167. The van der Waals surface area contributed by atoms with Crippen molar-refractivity contribution in [3.05, 3.63) is 35.6 Å². The summed E-state index contributed by atoms with van der Waals surface area (Å²) in [5, 5.41) is 13.3. The van der Waals surface area contributed by atoms with Crippen LogP contribution in [0.25, 0.3) is 11.3 Å². The Bertz CT molecular complexity index is 571. The second kappa shape index (κ2) is 3.20. The van der Waals surface area contributed by atoms with Crippen molar-refractivity contribution >= 4 is 5.78 Å². The summed E-state index contributed by atoms with van der Waals surface area (Å²) < 4.78 is 5.12. The molecule has 1 aromatic heterocycles. The summed E-state index contributed by atoms with van der Waals surface area (Å²) in [6.07, 6.45) is 1.11. The van der Waals surface area contributed by atoms with Gasteiger partial charge >= 0.3 is 0 Å². The van der Waals surface area contributed by atoms with Crippen LogP contribution in [0.1, 0.15) is 22.5 Å². The number of nitrogens with zero attached hydrogens (tertiary/aromatic N) is 1. The van der Waals surface area contributed by atoms with E-state index in [-0.39, 0.29) is 11.5 Å². The Morgan fingerprint density at radius 2 is 2.19 bits per heavy atom. The molecule has 0 saturated carbocycles. The van der Waals surface area contributed by atoms with Crippen LogP contribution < -0.4 is 0 Å². The van der Waals surface area contributed by atoms with Crippen molar-refractivity contribution in [2.24, 2.45) is 0 Å². The molecule has 1 aliphatic rings. The minimum Gasteiger partial charge on any atom is -0.508 e. The van der Waals surface area contributed by atoms with E-state index in [9.17, 15) is 9.90 Å². The Morgan fingerprint density at radius 1 is 1.31 bits per heavy atom. The number of benzene rings is 1. The molecule has 0 spiro atoms. The molecule has 16 heavy (non-hydrogen) atoms. The smallest absolute Gasteiger partial charge is 0.169 e. The summed E-state index contributed by atoms with van der Waals surface area (Å²) in [6.45, 7) is 0.